The van der Waals surface area contributed by atoms with E-state index in [0.717, 1.165) is 12.0 Å². The van der Waals surface area contributed by atoms with Crippen LogP contribution in [0.25, 0.3) is 0 Å². The van der Waals surface area contributed by atoms with Crippen molar-refractivity contribution in [2.45, 2.75) is 19.8 Å². The molecule has 6 heteroatoms. The smallest absolute Gasteiger partial charge is 0.335 e. The quantitative estimate of drug-likeness (QED) is 0.777. The number of nitrogens with zero attached hydrogens (tertiary/aromatic N) is 1. The number of aromatic carboxylic acids is 1. The highest BCUT2D eigenvalue weighted by atomic mass is 16.5. The molecule has 0 saturated heterocycles. The minimum atomic E-state index is -0.953. The van der Waals surface area contributed by atoms with Crippen LogP contribution in [0, 0.1) is 0 Å². The van der Waals surface area contributed by atoms with Gasteiger partial charge in [-0.1, -0.05) is 19.1 Å². The molecule has 6 nitrogen and oxygen atoms in total. The van der Waals surface area contributed by atoms with Gasteiger partial charge in [-0.3, -0.25) is 4.79 Å². The van der Waals surface area contributed by atoms with Crippen LogP contribution < -0.4 is 10.1 Å². The molecule has 126 valence electrons. The minimum absolute atomic E-state index is 0.239. The third-order valence-corrected chi connectivity index (χ3v) is 3.36. The molecule has 1 aromatic heterocycles. The fourth-order valence-corrected chi connectivity index (χ4v) is 2.11. The molecule has 0 aliphatic carbocycles. The number of carbonyl (C=O) groups is 2. The summed E-state index contributed by atoms with van der Waals surface area (Å²) in [6.07, 6.45) is 3.03. The lowest BCUT2D eigenvalue weighted by atomic mass is 10.1. The Bertz CT molecular complexity index is 698. The van der Waals surface area contributed by atoms with Gasteiger partial charge in [0, 0.05) is 12.7 Å². The van der Waals surface area contributed by atoms with Gasteiger partial charge in [-0.2, -0.15) is 0 Å². The number of pyridine rings is 1. The highest BCUT2D eigenvalue weighted by molar-refractivity contribution is 5.96. The Morgan fingerprint density at radius 1 is 1.21 bits per heavy atom. The second kappa shape index (κ2) is 8.67. The zero-order chi connectivity index (χ0) is 17.4. The van der Waals surface area contributed by atoms with Crippen molar-refractivity contribution in [1.29, 1.82) is 0 Å². The third kappa shape index (κ3) is 4.81. The molecule has 24 heavy (non-hydrogen) atoms. The van der Waals surface area contributed by atoms with Gasteiger partial charge in [-0.15, -0.1) is 0 Å². The Balaban J connectivity index is 1.90. The number of amides is 1. The van der Waals surface area contributed by atoms with Gasteiger partial charge >= 0.3 is 5.97 Å². The molecular weight excluding hydrogens is 308 g/mol. The Labute approximate surface area is 140 Å². The van der Waals surface area contributed by atoms with E-state index in [1.165, 1.54) is 0 Å². The van der Waals surface area contributed by atoms with Crippen LogP contribution in [0.5, 0.6) is 5.88 Å². The number of carbonyl (C=O) groups excluding carboxylic acids is 1. The van der Waals surface area contributed by atoms with E-state index in [4.69, 9.17) is 9.84 Å². The fraction of sp³-hybridized carbons (Fsp3) is 0.278. The van der Waals surface area contributed by atoms with Gasteiger partial charge in [-0.25, -0.2) is 9.78 Å². The predicted octanol–water partition coefficient (Wildman–Crippen LogP) is 2.54. The highest BCUT2D eigenvalue weighted by Crippen LogP contribution is 2.14. The van der Waals surface area contributed by atoms with Gasteiger partial charge in [0.2, 0.25) is 5.88 Å². The van der Waals surface area contributed by atoms with Crippen molar-refractivity contribution in [3.05, 3.63) is 59.3 Å². The van der Waals surface area contributed by atoms with E-state index in [-0.39, 0.29) is 11.5 Å². The van der Waals surface area contributed by atoms with Crippen molar-refractivity contribution >= 4 is 11.9 Å². The number of hydrogen-bond donors (Lipinski definition) is 2. The summed E-state index contributed by atoms with van der Waals surface area (Å²) < 4.78 is 5.48. The first-order valence-corrected chi connectivity index (χ1v) is 7.80. The first-order chi connectivity index (χ1) is 11.6. The van der Waals surface area contributed by atoms with E-state index in [1.54, 1.807) is 42.6 Å². The maximum Gasteiger partial charge on any atom is 0.335 e. The average Bonchev–Trinajstić information content (AvgIpc) is 2.60. The molecule has 0 radical (unpaired) electrons. The van der Waals surface area contributed by atoms with Gasteiger partial charge in [0.1, 0.15) is 5.56 Å². The lowest BCUT2D eigenvalue weighted by Gasteiger charge is -2.10. The van der Waals surface area contributed by atoms with E-state index >= 15 is 0 Å². The molecule has 0 bridgehead atoms. The largest absolute Gasteiger partial charge is 0.478 e. The lowest BCUT2D eigenvalue weighted by molar-refractivity contribution is 0.0696. The molecule has 0 saturated carbocycles. The van der Waals surface area contributed by atoms with Crippen LogP contribution in [-0.4, -0.2) is 35.1 Å². The molecule has 0 spiro atoms. The molecule has 0 fully saturated rings. The standard InChI is InChI=1S/C18H20N2O4/c1-2-12-24-17-15(4-3-10-20-17)16(21)19-11-9-13-5-7-14(8-6-13)18(22)23/h3-8,10H,2,9,11-12H2,1H3,(H,19,21)(H,22,23). The Morgan fingerprint density at radius 3 is 2.62 bits per heavy atom. The van der Waals surface area contributed by atoms with E-state index in [0.29, 0.717) is 31.0 Å². The Hall–Kier alpha value is -2.89. The molecule has 2 aromatic rings. The number of benzene rings is 1. The predicted molar refractivity (Wildman–Crippen MR) is 89.5 cm³/mol. The van der Waals surface area contributed by atoms with Gasteiger partial charge in [0.25, 0.3) is 5.91 Å². The van der Waals surface area contributed by atoms with Crippen molar-refractivity contribution in [3.8, 4) is 5.88 Å². The molecule has 1 heterocycles. The van der Waals surface area contributed by atoms with Crippen molar-refractivity contribution in [3.63, 3.8) is 0 Å². The second-order valence-corrected chi connectivity index (χ2v) is 5.21. The van der Waals surface area contributed by atoms with Crippen LogP contribution in [0.15, 0.2) is 42.6 Å². The van der Waals surface area contributed by atoms with Crippen LogP contribution in [0.2, 0.25) is 0 Å². The lowest BCUT2D eigenvalue weighted by Crippen LogP contribution is -2.26. The molecule has 0 atom stereocenters. The summed E-state index contributed by atoms with van der Waals surface area (Å²) in [6, 6.07) is 9.97. The Kier molecular flexibility index (Phi) is 6.31. The fourth-order valence-electron chi connectivity index (χ4n) is 2.11. The molecule has 1 aromatic carbocycles. The zero-order valence-electron chi connectivity index (χ0n) is 13.5. The van der Waals surface area contributed by atoms with Crippen LogP contribution in [-0.2, 0) is 6.42 Å². The summed E-state index contributed by atoms with van der Waals surface area (Å²) in [5.41, 5.74) is 1.61. The number of ether oxygens (including phenoxy) is 1. The Morgan fingerprint density at radius 2 is 1.96 bits per heavy atom. The summed E-state index contributed by atoms with van der Waals surface area (Å²) in [4.78, 5) is 27.1. The molecule has 0 unspecified atom stereocenters. The molecule has 0 aliphatic heterocycles. The van der Waals surface area contributed by atoms with Crippen LogP contribution in [0.1, 0.15) is 39.6 Å². The minimum Gasteiger partial charge on any atom is -0.478 e. The number of aromatic nitrogens is 1. The summed E-state index contributed by atoms with van der Waals surface area (Å²) in [5.74, 6) is -0.856. The number of nitrogens with one attached hydrogen (secondary N) is 1. The van der Waals surface area contributed by atoms with E-state index in [1.807, 2.05) is 6.92 Å². The summed E-state index contributed by atoms with van der Waals surface area (Å²) in [5, 5.41) is 11.7. The van der Waals surface area contributed by atoms with Gasteiger partial charge in [0.05, 0.1) is 12.2 Å². The third-order valence-electron chi connectivity index (χ3n) is 3.36. The van der Waals surface area contributed by atoms with Crippen LogP contribution >= 0.6 is 0 Å². The average molecular weight is 328 g/mol. The molecule has 0 aliphatic rings. The SMILES string of the molecule is CCCOc1ncccc1C(=O)NCCc1ccc(C(=O)O)cc1. The van der Waals surface area contributed by atoms with Gasteiger partial charge in [0.15, 0.2) is 0 Å². The van der Waals surface area contributed by atoms with E-state index in [2.05, 4.69) is 10.3 Å². The van der Waals surface area contributed by atoms with Gasteiger partial charge < -0.3 is 15.2 Å². The van der Waals surface area contributed by atoms with E-state index in [9.17, 15) is 9.59 Å². The number of rotatable bonds is 8. The monoisotopic (exact) mass is 328 g/mol. The second-order valence-electron chi connectivity index (χ2n) is 5.21. The van der Waals surface area contributed by atoms with Crippen molar-refractivity contribution in [1.82, 2.24) is 10.3 Å². The summed E-state index contributed by atoms with van der Waals surface area (Å²) in [6.45, 7) is 2.93. The first kappa shape index (κ1) is 17.5. The van der Waals surface area contributed by atoms with Crippen LogP contribution in [0.3, 0.4) is 0 Å². The summed E-state index contributed by atoms with van der Waals surface area (Å²) in [7, 11) is 0. The molecular formula is C18H20N2O4. The molecule has 1 amide bonds. The first-order valence-electron chi connectivity index (χ1n) is 7.80. The number of hydrogen-bond acceptors (Lipinski definition) is 4. The van der Waals surface area contributed by atoms with Crippen molar-refractivity contribution in [2.75, 3.05) is 13.2 Å². The maximum absolute atomic E-state index is 12.3. The van der Waals surface area contributed by atoms with Crippen molar-refractivity contribution < 1.29 is 19.4 Å². The topological polar surface area (TPSA) is 88.5 Å². The number of carboxylic acids is 1. The van der Waals surface area contributed by atoms with E-state index < -0.39 is 5.97 Å². The molecule has 2 rings (SSSR count). The highest BCUT2D eigenvalue weighted by Gasteiger charge is 2.12. The molecule has 2 N–H and O–H groups in total. The van der Waals surface area contributed by atoms with Crippen LogP contribution in [0.4, 0.5) is 0 Å². The zero-order valence-corrected chi connectivity index (χ0v) is 13.5. The normalized spacial score (nSPS) is 10.2. The summed E-state index contributed by atoms with van der Waals surface area (Å²) >= 11 is 0. The number of carboxylic acid groups (broad SMARTS) is 1. The van der Waals surface area contributed by atoms with Crippen molar-refractivity contribution in [2.24, 2.45) is 0 Å². The maximum atomic E-state index is 12.3. The van der Waals surface area contributed by atoms with Gasteiger partial charge in [-0.05, 0) is 42.7 Å².